The number of hydrogen-bond donors (Lipinski definition) is 2. The van der Waals surface area contributed by atoms with Crippen LogP contribution in [-0.2, 0) is 24.3 Å². The first-order valence-electron chi connectivity index (χ1n) is 10.00. The van der Waals surface area contributed by atoms with Gasteiger partial charge in [0.2, 0.25) is 5.91 Å². The van der Waals surface area contributed by atoms with E-state index < -0.39 is 0 Å². The molecule has 1 aliphatic rings. The van der Waals surface area contributed by atoms with Crippen molar-refractivity contribution in [3.63, 3.8) is 0 Å². The van der Waals surface area contributed by atoms with Gasteiger partial charge in [-0.05, 0) is 48.7 Å². The van der Waals surface area contributed by atoms with Crippen molar-refractivity contribution < 1.29 is 4.79 Å². The van der Waals surface area contributed by atoms with E-state index in [2.05, 4.69) is 35.5 Å². The fourth-order valence-corrected chi connectivity index (χ4v) is 3.88. The highest BCUT2D eigenvalue weighted by molar-refractivity contribution is 5.85. The van der Waals surface area contributed by atoms with Gasteiger partial charge < -0.3 is 11.1 Å². The van der Waals surface area contributed by atoms with E-state index in [0.717, 1.165) is 17.8 Å². The lowest BCUT2D eigenvalue weighted by Gasteiger charge is -2.31. The van der Waals surface area contributed by atoms with Crippen molar-refractivity contribution in [1.29, 1.82) is 0 Å². The van der Waals surface area contributed by atoms with Gasteiger partial charge >= 0.3 is 0 Å². The first-order valence-corrected chi connectivity index (χ1v) is 10.00. The van der Waals surface area contributed by atoms with Crippen LogP contribution in [0.4, 0.5) is 5.69 Å². The molecule has 4 nitrogen and oxygen atoms in total. The Kier molecular flexibility index (Phi) is 11.1. The number of halogens is 2. The zero-order chi connectivity index (χ0) is 19.1. The van der Waals surface area contributed by atoms with Crippen molar-refractivity contribution in [2.45, 2.75) is 57.7 Å². The molecule has 0 spiro atoms. The molecule has 1 aliphatic carbocycles. The fraction of sp³-hybridized carbons (Fsp3) is 0.435. The lowest BCUT2D eigenvalue weighted by atomic mass is 9.94. The maximum atomic E-state index is 12.3. The zero-order valence-corrected chi connectivity index (χ0v) is 18.7. The van der Waals surface area contributed by atoms with Crippen LogP contribution in [0.1, 0.15) is 48.8 Å². The summed E-state index contributed by atoms with van der Waals surface area (Å²) in [6.07, 6.45) is 7.05. The summed E-state index contributed by atoms with van der Waals surface area (Å²) in [7, 11) is 2.23. The van der Waals surface area contributed by atoms with Crippen molar-refractivity contribution in [2.24, 2.45) is 0 Å². The van der Waals surface area contributed by atoms with E-state index in [4.69, 9.17) is 5.73 Å². The van der Waals surface area contributed by atoms with Gasteiger partial charge in [0.15, 0.2) is 0 Å². The molecule has 0 atom stereocenters. The number of anilines is 1. The molecule has 0 saturated heterocycles. The van der Waals surface area contributed by atoms with Crippen molar-refractivity contribution in [1.82, 2.24) is 10.2 Å². The minimum atomic E-state index is 0. The average molecular weight is 438 g/mol. The minimum absolute atomic E-state index is 0. The summed E-state index contributed by atoms with van der Waals surface area (Å²) < 4.78 is 0. The number of carbonyl (C=O) groups is 1. The molecule has 1 saturated carbocycles. The summed E-state index contributed by atoms with van der Waals surface area (Å²) in [5.41, 5.74) is 9.90. The van der Waals surface area contributed by atoms with Gasteiger partial charge in [-0.15, -0.1) is 24.8 Å². The standard InChI is InChI=1S/C23H31N3O.2ClH/c1-26(22-9-3-2-4-10-22)17-20-8-6-5-7-19(20)16-25-23(27)15-18-11-13-21(24)14-12-18;;/h5-8,11-14,22H,2-4,9-10,15-17,24H2,1H3,(H,25,27);2*1H. The van der Waals surface area contributed by atoms with Gasteiger partial charge in [-0.3, -0.25) is 9.69 Å². The molecule has 2 aromatic carbocycles. The molecule has 2 aromatic rings. The van der Waals surface area contributed by atoms with Gasteiger partial charge in [-0.1, -0.05) is 55.7 Å². The third-order valence-electron chi connectivity index (χ3n) is 5.56. The fourth-order valence-electron chi connectivity index (χ4n) is 3.88. The first kappa shape index (κ1) is 25.3. The van der Waals surface area contributed by atoms with Crippen molar-refractivity contribution in [3.05, 3.63) is 65.2 Å². The molecule has 3 rings (SSSR count). The smallest absolute Gasteiger partial charge is 0.224 e. The molecule has 0 radical (unpaired) electrons. The molecule has 0 aliphatic heterocycles. The quantitative estimate of drug-likeness (QED) is 0.615. The molecule has 29 heavy (non-hydrogen) atoms. The Hall–Kier alpha value is -1.75. The van der Waals surface area contributed by atoms with Crippen LogP contribution >= 0.6 is 24.8 Å². The Morgan fingerprint density at radius 1 is 1.00 bits per heavy atom. The molecule has 1 fully saturated rings. The normalized spacial score (nSPS) is 14.0. The average Bonchev–Trinajstić information content (AvgIpc) is 2.70. The van der Waals surface area contributed by atoms with Crippen molar-refractivity contribution >= 4 is 36.4 Å². The monoisotopic (exact) mass is 437 g/mol. The molecule has 0 heterocycles. The van der Waals surface area contributed by atoms with Gasteiger partial charge in [0.05, 0.1) is 6.42 Å². The van der Waals surface area contributed by atoms with Crippen LogP contribution in [0.15, 0.2) is 48.5 Å². The maximum Gasteiger partial charge on any atom is 0.224 e. The third kappa shape index (κ3) is 7.88. The first-order chi connectivity index (χ1) is 13.1. The highest BCUT2D eigenvalue weighted by atomic mass is 35.5. The van der Waals surface area contributed by atoms with Crippen LogP contribution in [0, 0.1) is 0 Å². The van der Waals surface area contributed by atoms with Crippen molar-refractivity contribution in [2.75, 3.05) is 12.8 Å². The molecule has 0 unspecified atom stereocenters. The van der Waals surface area contributed by atoms with Crippen LogP contribution in [0.5, 0.6) is 0 Å². The Balaban J connectivity index is 0.00000210. The molecule has 0 aromatic heterocycles. The Morgan fingerprint density at radius 3 is 2.28 bits per heavy atom. The number of nitrogens with two attached hydrogens (primary N) is 1. The van der Waals surface area contributed by atoms with Gasteiger partial charge in [-0.25, -0.2) is 0 Å². The van der Waals surface area contributed by atoms with Gasteiger partial charge in [0.25, 0.3) is 0 Å². The second kappa shape index (κ2) is 12.7. The van der Waals surface area contributed by atoms with Crippen LogP contribution < -0.4 is 11.1 Å². The Labute approximate surface area is 187 Å². The third-order valence-corrected chi connectivity index (χ3v) is 5.56. The topological polar surface area (TPSA) is 58.4 Å². The number of amides is 1. The number of hydrogen-bond acceptors (Lipinski definition) is 3. The lowest BCUT2D eigenvalue weighted by molar-refractivity contribution is -0.120. The molecule has 3 N–H and O–H groups in total. The molecule has 160 valence electrons. The Bertz CT molecular complexity index is 746. The van der Waals surface area contributed by atoms with Crippen LogP contribution in [0.3, 0.4) is 0 Å². The lowest BCUT2D eigenvalue weighted by Crippen LogP contribution is -2.33. The van der Waals surface area contributed by atoms with E-state index in [-0.39, 0.29) is 30.7 Å². The van der Waals surface area contributed by atoms with Crippen molar-refractivity contribution in [3.8, 4) is 0 Å². The van der Waals surface area contributed by atoms with E-state index in [1.165, 1.54) is 43.2 Å². The molecule has 1 amide bonds. The summed E-state index contributed by atoms with van der Waals surface area (Å²) in [6, 6.07) is 16.6. The predicted octanol–water partition coefficient (Wildman–Crippen LogP) is 4.74. The van der Waals surface area contributed by atoms with E-state index in [1.54, 1.807) is 0 Å². The molecule has 6 heteroatoms. The number of nitrogens with zero attached hydrogens (tertiary/aromatic N) is 1. The minimum Gasteiger partial charge on any atom is -0.399 e. The number of carbonyl (C=O) groups excluding carboxylic acids is 1. The summed E-state index contributed by atoms with van der Waals surface area (Å²) in [5.74, 6) is 0.0372. The summed E-state index contributed by atoms with van der Waals surface area (Å²) in [5, 5.41) is 3.07. The number of nitrogens with one attached hydrogen (secondary N) is 1. The van der Waals surface area contributed by atoms with Gasteiger partial charge in [0, 0.05) is 24.8 Å². The highest BCUT2D eigenvalue weighted by Crippen LogP contribution is 2.23. The maximum absolute atomic E-state index is 12.3. The number of rotatable bonds is 7. The van der Waals surface area contributed by atoms with Gasteiger partial charge in [-0.2, -0.15) is 0 Å². The zero-order valence-electron chi connectivity index (χ0n) is 17.1. The molecule has 0 bridgehead atoms. The van der Waals surface area contributed by atoms with E-state index in [9.17, 15) is 4.79 Å². The largest absolute Gasteiger partial charge is 0.399 e. The second-order valence-electron chi connectivity index (χ2n) is 7.67. The van der Waals surface area contributed by atoms with Crippen LogP contribution in [0.25, 0.3) is 0 Å². The summed E-state index contributed by atoms with van der Waals surface area (Å²) in [4.78, 5) is 14.8. The van der Waals surface area contributed by atoms with Crippen LogP contribution in [-0.4, -0.2) is 23.9 Å². The second-order valence-corrected chi connectivity index (χ2v) is 7.67. The van der Waals surface area contributed by atoms with Crippen LogP contribution in [0.2, 0.25) is 0 Å². The predicted molar refractivity (Wildman–Crippen MR) is 126 cm³/mol. The summed E-state index contributed by atoms with van der Waals surface area (Å²) in [6.45, 7) is 1.51. The number of benzene rings is 2. The van der Waals surface area contributed by atoms with E-state index in [0.29, 0.717) is 19.0 Å². The molecular weight excluding hydrogens is 405 g/mol. The number of nitrogen functional groups attached to an aromatic ring is 1. The van der Waals surface area contributed by atoms with Gasteiger partial charge in [0.1, 0.15) is 0 Å². The summed E-state index contributed by atoms with van der Waals surface area (Å²) >= 11 is 0. The SMILES string of the molecule is CN(Cc1ccccc1CNC(=O)Cc1ccc(N)cc1)C1CCCCC1.Cl.Cl. The highest BCUT2D eigenvalue weighted by Gasteiger charge is 2.18. The molecular formula is C23H33Cl2N3O. The van der Waals surface area contributed by atoms with E-state index in [1.807, 2.05) is 30.3 Å². The Morgan fingerprint density at radius 2 is 1.62 bits per heavy atom. The van der Waals surface area contributed by atoms with E-state index >= 15 is 0 Å².